The monoisotopic (exact) mass is 264 g/mol. The van der Waals surface area contributed by atoms with Crippen molar-refractivity contribution >= 4 is 27.8 Å². The van der Waals surface area contributed by atoms with Crippen LogP contribution >= 0.6 is 11.3 Å². The highest BCUT2D eigenvalue weighted by Gasteiger charge is 2.02. The van der Waals surface area contributed by atoms with Crippen molar-refractivity contribution in [1.82, 2.24) is 0 Å². The van der Waals surface area contributed by atoms with E-state index in [1.807, 2.05) is 23.6 Å². The maximum atomic E-state index is 8.81. The van der Waals surface area contributed by atoms with Gasteiger partial charge in [-0.25, -0.2) is 0 Å². The van der Waals surface area contributed by atoms with Crippen molar-refractivity contribution in [3.8, 4) is 6.07 Å². The molecule has 0 radical (unpaired) electrons. The first kappa shape index (κ1) is 11.8. The van der Waals surface area contributed by atoms with Crippen molar-refractivity contribution in [2.24, 2.45) is 0 Å². The molecule has 92 valence electrons. The van der Waals surface area contributed by atoms with Crippen molar-refractivity contribution in [2.75, 3.05) is 5.32 Å². The molecule has 2 nitrogen and oxygen atoms in total. The number of nitriles is 1. The predicted octanol–water partition coefficient (Wildman–Crippen LogP) is 4.39. The molecule has 0 amide bonds. The minimum Gasteiger partial charge on any atom is -0.380 e. The summed E-state index contributed by atoms with van der Waals surface area (Å²) in [5.74, 6) is 0. The largest absolute Gasteiger partial charge is 0.380 e. The van der Waals surface area contributed by atoms with Gasteiger partial charge in [-0.1, -0.05) is 36.4 Å². The van der Waals surface area contributed by atoms with Gasteiger partial charge in [-0.2, -0.15) is 5.26 Å². The van der Waals surface area contributed by atoms with Crippen molar-refractivity contribution in [1.29, 1.82) is 5.26 Å². The number of fused-ring (bicyclic) bond motifs is 1. The van der Waals surface area contributed by atoms with E-state index in [9.17, 15) is 0 Å². The van der Waals surface area contributed by atoms with E-state index in [4.69, 9.17) is 5.26 Å². The Morgan fingerprint density at radius 3 is 2.79 bits per heavy atom. The number of benzene rings is 2. The van der Waals surface area contributed by atoms with E-state index in [1.54, 1.807) is 11.3 Å². The summed E-state index contributed by atoms with van der Waals surface area (Å²) in [4.78, 5) is 1.17. The van der Waals surface area contributed by atoms with Crippen LogP contribution in [0.2, 0.25) is 0 Å². The molecule has 0 atom stereocenters. The smallest absolute Gasteiger partial charge is 0.100 e. The minimum atomic E-state index is 0.736. The molecule has 3 heteroatoms. The van der Waals surface area contributed by atoms with E-state index in [0.717, 1.165) is 17.8 Å². The Hall–Kier alpha value is -2.31. The molecule has 0 bridgehead atoms. The van der Waals surface area contributed by atoms with Crippen molar-refractivity contribution in [3.63, 3.8) is 0 Å². The van der Waals surface area contributed by atoms with Crippen LogP contribution in [0.4, 0.5) is 5.69 Å². The van der Waals surface area contributed by atoms with E-state index in [0.29, 0.717) is 0 Å². The molecule has 19 heavy (non-hydrogen) atoms. The first-order chi connectivity index (χ1) is 9.36. The Morgan fingerprint density at radius 2 is 1.95 bits per heavy atom. The highest BCUT2D eigenvalue weighted by atomic mass is 32.1. The third-order valence-corrected chi connectivity index (χ3v) is 3.96. The van der Waals surface area contributed by atoms with Crippen molar-refractivity contribution in [3.05, 3.63) is 64.4 Å². The number of hydrogen-bond donors (Lipinski definition) is 1. The lowest BCUT2D eigenvalue weighted by Crippen LogP contribution is -1.97. The van der Waals surface area contributed by atoms with Gasteiger partial charge in [0.1, 0.15) is 6.07 Å². The van der Waals surface area contributed by atoms with Gasteiger partial charge >= 0.3 is 0 Å². The van der Waals surface area contributed by atoms with Gasteiger partial charge in [-0.05, 0) is 17.5 Å². The SMILES string of the molecule is N#Cc1csc(CNc2cccc3ccccc23)c1. The van der Waals surface area contributed by atoms with E-state index >= 15 is 0 Å². The maximum Gasteiger partial charge on any atom is 0.100 e. The van der Waals surface area contributed by atoms with Crippen LogP contribution < -0.4 is 5.32 Å². The highest BCUT2D eigenvalue weighted by Crippen LogP contribution is 2.24. The molecule has 3 rings (SSSR count). The Morgan fingerprint density at radius 1 is 1.11 bits per heavy atom. The Balaban J connectivity index is 1.84. The minimum absolute atomic E-state index is 0.736. The highest BCUT2D eigenvalue weighted by molar-refractivity contribution is 7.10. The van der Waals surface area contributed by atoms with Crippen LogP contribution in [0.3, 0.4) is 0 Å². The molecular formula is C16H12N2S. The van der Waals surface area contributed by atoms with Crippen LogP contribution in [-0.2, 0) is 6.54 Å². The molecule has 3 aromatic rings. The lowest BCUT2D eigenvalue weighted by molar-refractivity contribution is 1.20. The molecule has 2 aromatic carbocycles. The van der Waals surface area contributed by atoms with Crippen molar-refractivity contribution < 1.29 is 0 Å². The van der Waals surface area contributed by atoms with Gasteiger partial charge in [0.15, 0.2) is 0 Å². The van der Waals surface area contributed by atoms with E-state index in [2.05, 4.69) is 41.7 Å². The van der Waals surface area contributed by atoms with Gasteiger partial charge in [0.25, 0.3) is 0 Å². The first-order valence-electron chi connectivity index (χ1n) is 6.06. The second kappa shape index (κ2) is 5.13. The first-order valence-corrected chi connectivity index (χ1v) is 6.94. The second-order valence-electron chi connectivity index (χ2n) is 4.29. The number of nitrogens with one attached hydrogen (secondary N) is 1. The fraction of sp³-hybridized carbons (Fsp3) is 0.0625. The van der Waals surface area contributed by atoms with Crippen LogP contribution in [0, 0.1) is 11.3 Å². The van der Waals surface area contributed by atoms with Crippen LogP contribution in [0.15, 0.2) is 53.9 Å². The molecule has 1 N–H and O–H groups in total. The quantitative estimate of drug-likeness (QED) is 0.761. The van der Waals surface area contributed by atoms with E-state index in [-0.39, 0.29) is 0 Å². The van der Waals surface area contributed by atoms with Gasteiger partial charge in [0, 0.05) is 27.9 Å². The topological polar surface area (TPSA) is 35.8 Å². The molecule has 0 aliphatic carbocycles. The summed E-state index contributed by atoms with van der Waals surface area (Å²) in [6.45, 7) is 0.750. The van der Waals surface area contributed by atoms with Gasteiger partial charge in [-0.3, -0.25) is 0 Å². The molecule has 0 spiro atoms. The Labute approximate surface area is 115 Å². The number of rotatable bonds is 3. The summed E-state index contributed by atoms with van der Waals surface area (Å²) in [5, 5.41) is 16.6. The summed E-state index contributed by atoms with van der Waals surface area (Å²) >= 11 is 1.61. The van der Waals surface area contributed by atoms with Gasteiger partial charge in [0.2, 0.25) is 0 Å². The molecule has 0 fully saturated rings. The van der Waals surface area contributed by atoms with Crippen LogP contribution in [-0.4, -0.2) is 0 Å². The Bertz CT molecular complexity index is 747. The van der Waals surface area contributed by atoms with Gasteiger partial charge in [-0.15, -0.1) is 11.3 Å². The average Bonchev–Trinajstić information content (AvgIpc) is 2.93. The molecule has 0 saturated heterocycles. The predicted molar refractivity (Wildman–Crippen MR) is 80.3 cm³/mol. The number of hydrogen-bond acceptors (Lipinski definition) is 3. The van der Waals surface area contributed by atoms with Crippen LogP contribution in [0.5, 0.6) is 0 Å². The summed E-state index contributed by atoms with van der Waals surface area (Å²) in [5.41, 5.74) is 1.87. The number of nitrogens with zero attached hydrogens (tertiary/aromatic N) is 1. The average molecular weight is 264 g/mol. The number of anilines is 1. The summed E-state index contributed by atoms with van der Waals surface area (Å²) in [6.07, 6.45) is 0. The Kier molecular flexibility index (Phi) is 3.18. The zero-order chi connectivity index (χ0) is 13.1. The van der Waals surface area contributed by atoms with Crippen molar-refractivity contribution in [2.45, 2.75) is 6.54 Å². The van der Waals surface area contributed by atoms with E-state index in [1.165, 1.54) is 15.6 Å². The summed E-state index contributed by atoms with van der Waals surface area (Å²) in [7, 11) is 0. The summed E-state index contributed by atoms with van der Waals surface area (Å²) in [6, 6.07) is 18.7. The lowest BCUT2D eigenvalue weighted by atomic mass is 10.1. The van der Waals surface area contributed by atoms with Gasteiger partial charge in [0.05, 0.1) is 5.56 Å². The maximum absolute atomic E-state index is 8.81. The van der Waals surface area contributed by atoms with Gasteiger partial charge < -0.3 is 5.32 Å². The van der Waals surface area contributed by atoms with Crippen LogP contribution in [0.25, 0.3) is 10.8 Å². The molecule has 1 heterocycles. The zero-order valence-electron chi connectivity index (χ0n) is 10.3. The molecule has 1 aromatic heterocycles. The third kappa shape index (κ3) is 2.44. The number of thiophene rings is 1. The fourth-order valence-corrected chi connectivity index (χ4v) is 2.84. The normalized spacial score (nSPS) is 10.3. The van der Waals surface area contributed by atoms with Crippen LogP contribution in [0.1, 0.15) is 10.4 Å². The molecule has 0 aliphatic heterocycles. The lowest BCUT2D eigenvalue weighted by Gasteiger charge is -2.08. The second-order valence-corrected chi connectivity index (χ2v) is 5.29. The van der Waals surface area contributed by atoms with E-state index < -0.39 is 0 Å². The summed E-state index contributed by atoms with van der Waals surface area (Å²) < 4.78 is 0. The molecular weight excluding hydrogens is 252 g/mol. The molecule has 0 aliphatic rings. The standard InChI is InChI=1S/C16H12N2S/c17-9-12-8-14(19-11-12)10-18-16-7-3-5-13-4-1-2-6-15(13)16/h1-8,11,18H,10H2. The molecule has 0 saturated carbocycles. The molecule has 0 unspecified atom stereocenters. The third-order valence-electron chi connectivity index (χ3n) is 3.03. The zero-order valence-corrected chi connectivity index (χ0v) is 11.1. The fourth-order valence-electron chi connectivity index (χ4n) is 2.09.